The van der Waals surface area contributed by atoms with Crippen molar-refractivity contribution in [3.05, 3.63) is 53.3 Å². The van der Waals surface area contributed by atoms with Crippen LogP contribution in [0.3, 0.4) is 0 Å². The average molecular weight is 402 g/mol. The molecule has 1 atom stereocenters. The Kier molecular flexibility index (Phi) is 6.33. The first-order chi connectivity index (χ1) is 13.9. The Morgan fingerprint density at radius 3 is 2.76 bits per heavy atom. The maximum absolute atomic E-state index is 14.0. The van der Waals surface area contributed by atoms with Gasteiger partial charge in [-0.3, -0.25) is 9.59 Å². The van der Waals surface area contributed by atoms with E-state index in [0.717, 1.165) is 5.56 Å². The fraction of sp³-hybridized carbons (Fsp3) is 0.333. The third kappa shape index (κ3) is 4.65. The van der Waals surface area contributed by atoms with Crippen LogP contribution in [0.2, 0.25) is 0 Å². The molecule has 1 saturated heterocycles. The number of ether oxygens (including phenoxy) is 3. The predicted octanol–water partition coefficient (Wildman–Crippen LogP) is 2.52. The Bertz CT molecular complexity index is 918. The molecular formula is C21H23FN2O5. The molecule has 1 fully saturated rings. The van der Waals surface area contributed by atoms with Crippen molar-refractivity contribution >= 4 is 17.5 Å². The first-order valence-corrected chi connectivity index (χ1v) is 9.08. The topological polar surface area (TPSA) is 77.1 Å². The first-order valence-electron chi connectivity index (χ1n) is 9.08. The van der Waals surface area contributed by atoms with E-state index in [0.29, 0.717) is 17.1 Å². The van der Waals surface area contributed by atoms with Crippen LogP contribution in [-0.4, -0.2) is 50.2 Å². The van der Waals surface area contributed by atoms with Crippen molar-refractivity contribution in [3.8, 4) is 11.5 Å². The van der Waals surface area contributed by atoms with Crippen LogP contribution < -0.4 is 14.8 Å². The minimum atomic E-state index is -0.900. The molecular weight excluding hydrogens is 379 g/mol. The van der Waals surface area contributed by atoms with Gasteiger partial charge >= 0.3 is 0 Å². The highest BCUT2D eigenvalue weighted by Crippen LogP contribution is 2.27. The third-order valence-corrected chi connectivity index (χ3v) is 4.72. The molecule has 1 aliphatic rings. The first kappa shape index (κ1) is 20.6. The van der Waals surface area contributed by atoms with Gasteiger partial charge in [0.05, 0.1) is 33.1 Å². The van der Waals surface area contributed by atoms with Gasteiger partial charge in [-0.2, -0.15) is 0 Å². The Morgan fingerprint density at radius 1 is 1.24 bits per heavy atom. The number of carbonyl (C=O) groups excluding carboxylic acids is 2. The molecule has 154 valence electrons. The standard InChI is InChI=1S/C21H23FN2O5/c1-13-4-7-16(22)17(8-13)23-21(26)18-11-29-12-20(25)24(18)10-14-5-6-15(27-2)9-19(14)28-3/h4-9,18H,10-12H2,1-3H3,(H,23,26)/t18-/m0/s1. The van der Waals surface area contributed by atoms with Gasteiger partial charge in [0.1, 0.15) is 30.0 Å². The summed E-state index contributed by atoms with van der Waals surface area (Å²) in [6, 6.07) is 8.76. The predicted molar refractivity (Wildman–Crippen MR) is 104 cm³/mol. The minimum absolute atomic E-state index is 0.0173. The van der Waals surface area contributed by atoms with Gasteiger partial charge in [0.15, 0.2) is 0 Å². The molecule has 0 aromatic heterocycles. The molecule has 0 spiro atoms. The summed E-state index contributed by atoms with van der Waals surface area (Å²) in [5, 5.41) is 2.56. The summed E-state index contributed by atoms with van der Waals surface area (Å²) in [5.74, 6) is -0.250. The summed E-state index contributed by atoms with van der Waals surface area (Å²) in [5.41, 5.74) is 1.58. The van der Waals surface area contributed by atoms with E-state index in [4.69, 9.17) is 14.2 Å². The van der Waals surface area contributed by atoms with Crippen molar-refractivity contribution in [2.45, 2.75) is 19.5 Å². The van der Waals surface area contributed by atoms with E-state index < -0.39 is 17.8 Å². The van der Waals surface area contributed by atoms with Crippen LogP contribution in [0, 0.1) is 12.7 Å². The number of anilines is 1. The van der Waals surface area contributed by atoms with Crippen LogP contribution in [0.4, 0.5) is 10.1 Å². The average Bonchev–Trinajstić information content (AvgIpc) is 2.72. The molecule has 1 N–H and O–H groups in total. The summed E-state index contributed by atoms with van der Waals surface area (Å²) in [4.78, 5) is 26.7. The molecule has 0 aliphatic carbocycles. The highest BCUT2D eigenvalue weighted by Gasteiger charge is 2.35. The Hall–Kier alpha value is -3.13. The monoisotopic (exact) mass is 402 g/mol. The molecule has 2 aromatic rings. The molecule has 8 heteroatoms. The molecule has 2 aromatic carbocycles. The van der Waals surface area contributed by atoms with E-state index in [2.05, 4.69) is 5.32 Å². The lowest BCUT2D eigenvalue weighted by molar-refractivity contribution is -0.154. The van der Waals surface area contributed by atoms with Crippen LogP contribution in [0.1, 0.15) is 11.1 Å². The zero-order valence-corrected chi connectivity index (χ0v) is 16.5. The minimum Gasteiger partial charge on any atom is -0.497 e. The second kappa shape index (κ2) is 8.91. The molecule has 0 saturated carbocycles. The fourth-order valence-corrected chi connectivity index (χ4v) is 3.14. The molecule has 1 heterocycles. The molecule has 29 heavy (non-hydrogen) atoms. The van der Waals surface area contributed by atoms with Gasteiger partial charge in [0, 0.05) is 11.6 Å². The molecule has 0 radical (unpaired) electrons. The van der Waals surface area contributed by atoms with Crippen molar-refractivity contribution in [2.24, 2.45) is 0 Å². The Balaban J connectivity index is 1.83. The highest BCUT2D eigenvalue weighted by atomic mass is 19.1. The number of rotatable bonds is 6. The zero-order chi connectivity index (χ0) is 21.0. The van der Waals surface area contributed by atoms with E-state index in [9.17, 15) is 14.0 Å². The quantitative estimate of drug-likeness (QED) is 0.804. The summed E-state index contributed by atoms with van der Waals surface area (Å²) >= 11 is 0. The van der Waals surface area contributed by atoms with E-state index in [1.54, 1.807) is 38.3 Å². The number of benzene rings is 2. The van der Waals surface area contributed by atoms with Gasteiger partial charge < -0.3 is 24.4 Å². The van der Waals surface area contributed by atoms with Crippen molar-refractivity contribution in [1.29, 1.82) is 0 Å². The van der Waals surface area contributed by atoms with Crippen molar-refractivity contribution < 1.29 is 28.2 Å². The number of aryl methyl sites for hydroxylation is 1. The molecule has 0 unspecified atom stereocenters. The van der Waals surface area contributed by atoms with Crippen molar-refractivity contribution in [3.63, 3.8) is 0 Å². The van der Waals surface area contributed by atoms with Crippen LogP contribution >= 0.6 is 0 Å². The molecule has 0 bridgehead atoms. The van der Waals surface area contributed by atoms with Gasteiger partial charge in [-0.1, -0.05) is 6.07 Å². The van der Waals surface area contributed by atoms with Gasteiger partial charge in [-0.05, 0) is 36.8 Å². The number of hydrogen-bond acceptors (Lipinski definition) is 5. The molecule has 1 aliphatic heterocycles. The number of morpholine rings is 1. The normalized spacial score (nSPS) is 16.5. The fourth-order valence-electron chi connectivity index (χ4n) is 3.14. The van der Waals surface area contributed by atoms with E-state index in [-0.39, 0.29) is 31.4 Å². The van der Waals surface area contributed by atoms with Crippen molar-refractivity contribution in [2.75, 3.05) is 32.8 Å². The van der Waals surface area contributed by atoms with Gasteiger partial charge in [-0.25, -0.2) is 4.39 Å². The lowest BCUT2D eigenvalue weighted by Gasteiger charge is -2.34. The molecule has 2 amide bonds. The number of amides is 2. The lowest BCUT2D eigenvalue weighted by atomic mass is 10.1. The van der Waals surface area contributed by atoms with E-state index >= 15 is 0 Å². The van der Waals surface area contributed by atoms with Crippen LogP contribution in [-0.2, 0) is 20.9 Å². The smallest absolute Gasteiger partial charge is 0.249 e. The summed E-state index contributed by atoms with van der Waals surface area (Å²) in [6.07, 6.45) is 0. The second-order valence-electron chi connectivity index (χ2n) is 6.70. The number of nitrogens with zero attached hydrogens (tertiary/aromatic N) is 1. The number of halogens is 1. The number of methoxy groups -OCH3 is 2. The number of carbonyl (C=O) groups is 2. The lowest BCUT2D eigenvalue weighted by Crippen LogP contribution is -2.54. The molecule has 3 rings (SSSR count). The van der Waals surface area contributed by atoms with Gasteiger partial charge in [-0.15, -0.1) is 0 Å². The number of hydrogen-bond donors (Lipinski definition) is 1. The van der Waals surface area contributed by atoms with Crippen LogP contribution in [0.15, 0.2) is 36.4 Å². The highest BCUT2D eigenvalue weighted by molar-refractivity contribution is 5.98. The molecule has 7 nitrogen and oxygen atoms in total. The second-order valence-corrected chi connectivity index (χ2v) is 6.70. The van der Waals surface area contributed by atoms with Crippen LogP contribution in [0.5, 0.6) is 11.5 Å². The Labute approximate surface area is 168 Å². The van der Waals surface area contributed by atoms with Gasteiger partial charge in [0.2, 0.25) is 11.8 Å². The number of nitrogens with one attached hydrogen (secondary N) is 1. The SMILES string of the molecule is COc1ccc(CN2C(=O)COC[C@H]2C(=O)Nc2cc(C)ccc2F)c(OC)c1. The zero-order valence-electron chi connectivity index (χ0n) is 16.5. The largest absolute Gasteiger partial charge is 0.497 e. The summed E-state index contributed by atoms with van der Waals surface area (Å²) in [6.45, 7) is 1.83. The Morgan fingerprint density at radius 2 is 2.03 bits per heavy atom. The van der Waals surface area contributed by atoms with Crippen LogP contribution in [0.25, 0.3) is 0 Å². The van der Waals surface area contributed by atoms with Crippen molar-refractivity contribution in [1.82, 2.24) is 4.90 Å². The van der Waals surface area contributed by atoms with E-state index in [1.165, 1.54) is 24.1 Å². The maximum Gasteiger partial charge on any atom is 0.249 e. The summed E-state index contributed by atoms with van der Waals surface area (Å²) < 4.78 is 29.9. The maximum atomic E-state index is 14.0. The summed E-state index contributed by atoms with van der Waals surface area (Å²) in [7, 11) is 3.06. The van der Waals surface area contributed by atoms with E-state index in [1.807, 2.05) is 0 Å². The van der Waals surface area contributed by atoms with Gasteiger partial charge in [0.25, 0.3) is 0 Å². The third-order valence-electron chi connectivity index (χ3n) is 4.72.